The van der Waals surface area contributed by atoms with Crippen molar-refractivity contribution in [3.05, 3.63) is 45.9 Å². The Morgan fingerprint density at radius 3 is 2.17 bits per heavy atom. The monoisotopic (exact) mass is 370 g/mol. The van der Waals surface area contributed by atoms with Crippen LogP contribution in [0.25, 0.3) is 0 Å². The van der Waals surface area contributed by atoms with Crippen LogP contribution in [-0.2, 0) is 0 Å². The van der Waals surface area contributed by atoms with E-state index in [-0.39, 0.29) is 0 Å². The minimum atomic E-state index is 0.407. The molecule has 2 N–H and O–H groups in total. The number of halogens is 2. The molecule has 0 bridgehead atoms. The van der Waals surface area contributed by atoms with Crippen LogP contribution in [0, 0.1) is 6.92 Å². The fourth-order valence-corrected chi connectivity index (χ4v) is 2.66. The number of nitrogens with one attached hydrogen (secondary N) is 2. The van der Waals surface area contributed by atoms with Crippen molar-refractivity contribution < 1.29 is 9.47 Å². The molecule has 0 saturated carbocycles. The van der Waals surface area contributed by atoms with E-state index in [1.54, 1.807) is 32.4 Å². The lowest BCUT2D eigenvalue weighted by molar-refractivity contribution is 0.355. The van der Waals surface area contributed by atoms with Gasteiger partial charge in [-0.05, 0) is 49.0 Å². The fourth-order valence-electron chi connectivity index (χ4n) is 1.98. The molecule has 2 rings (SSSR count). The smallest absolute Gasteiger partial charge is 0.175 e. The van der Waals surface area contributed by atoms with E-state index in [9.17, 15) is 0 Å². The van der Waals surface area contributed by atoms with Crippen LogP contribution in [0.15, 0.2) is 30.3 Å². The Hall–Kier alpha value is -1.69. The molecule has 2 aromatic carbocycles. The van der Waals surface area contributed by atoms with E-state index < -0.39 is 0 Å². The second-order valence-electron chi connectivity index (χ2n) is 4.73. The Morgan fingerprint density at radius 1 is 0.957 bits per heavy atom. The zero-order chi connectivity index (χ0) is 17.0. The molecule has 2 aromatic rings. The Labute approximate surface area is 150 Å². The molecular weight excluding hydrogens is 355 g/mol. The first-order chi connectivity index (χ1) is 10.9. The van der Waals surface area contributed by atoms with Gasteiger partial charge in [-0.2, -0.15) is 0 Å². The normalized spacial score (nSPS) is 10.1. The Morgan fingerprint density at radius 2 is 1.57 bits per heavy atom. The van der Waals surface area contributed by atoms with Crippen molar-refractivity contribution in [3.8, 4) is 11.5 Å². The first kappa shape index (κ1) is 17.7. The molecule has 0 amide bonds. The zero-order valence-electron chi connectivity index (χ0n) is 12.9. The van der Waals surface area contributed by atoms with Crippen LogP contribution in [0.3, 0.4) is 0 Å². The summed E-state index contributed by atoms with van der Waals surface area (Å²) in [6.45, 7) is 1.95. The molecule has 0 radical (unpaired) electrons. The van der Waals surface area contributed by atoms with Crippen LogP contribution in [0.2, 0.25) is 10.0 Å². The predicted molar refractivity (Wildman–Crippen MR) is 101 cm³/mol. The Kier molecular flexibility index (Phi) is 5.93. The minimum absolute atomic E-state index is 0.407. The number of methoxy groups -OCH3 is 2. The van der Waals surface area contributed by atoms with Crippen molar-refractivity contribution in [3.63, 3.8) is 0 Å². The van der Waals surface area contributed by atoms with Crippen molar-refractivity contribution in [1.29, 1.82) is 0 Å². The molecule has 0 atom stereocenters. The first-order valence-corrected chi connectivity index (χ1v) is 7.86. The maximum Gasteiger partial charge on any atom is 0.175 e. The van der Waals surface area contributed by atoms with Gasteiger partial charge in [-0.3, -0.25) is 0 Å². The summed E-state index contributed by atoms with van der Waals surface area (Å²) in [6.07, 6.45) is 0. The molecule has 4 nitrogen and oxygen atoms in total. The van der Waals surface area contributed by atoms with Crippen LogP contribution >= 0.6 is 35.4 Å². The zero-order valence-corrected chi connectivity index (χ0v) is 15.2. The van der Waals surface area contributed by atoms with Gasteiger partial charge in [-0.15, -0.1) is 0 Å². The van der Waals surface area contributed by atoms with E-state index >= 15 is 0 Å². The van der Waals surface area contributed by atoms with E-state index in [2.05, 4.69) is 10.6 Å². The average Bonchev–Trinajstić information content (AvgIpc) is 2.51. The topological polar surface area (TPSA) is 42.5 Å². The highest BCUT2D eigenvalue weighted by Gasteiger charge is 2.10. The Balaban J connectivity index is 2.17. The van der Waals surface area contributed by atoms with Crippen LogP contribution in [0.4, 0.5) is 11.4 Å². The second-order valence-corrected chi connectivity index (χ2v) is 5.98. The van der Waals surface area contributed by atoms with E-state index in [1.807, 2.05) is 19.1 Å². The molecule has 0 unspecified atom stereocenters. The molecule has 0 aliphatic carbocycles. The number of thiocarbonyl (C=S) groups is 1. The lowest BCUT2D eigenvalue weighted by atomic mass is 10.1. The summed E-state index contributed by atoms with van der Waals surface area (Å²) in [7, 11) is 3.18. The van der Waals surface area contributed by atoms with E-state index in [4.69, 9.17) is 44.9 Å². The highest BCUT2D eigenvalue weighted by Crippen LogP contribution is 2.33. The number of hydrogen-bond donors (Lipinski definition) is 2. The molecule has 23 heavy (non-hydrogen) atoms. The second kappa shape index (κ2) is 7.73. The van der Waals surface area contributed by atoms with E-state index in [1.165, 1.54) is 0 Å². The van der Waals surface area contributed by atoms with Crippen molar-refractivity contribution in [2.24, 2.45) is 0 Å². The minimum Gasteiger partial charge on any atom is -0.493 e. The molecule has 0 heterocycles. The van der Waals surface area contributed by atoms with Crippen LogP contribution < -0.4 is 20.1 Å². The molecule has 0 aliphatic heterocycles. The number of ether oxygens (including phenoxy) is 2. The third-order valence-corrected chi connectivity index (χ3v) is 3.91. The van der Waals surface area contributed by atoms with Gasteiger partial charge in [-0.25, -0.2) is 0 Å². The van der Waals surface area contributed by atoms with Crippen LogP contribution in [0.5, 0.6) is 11.5 Å². The lowest BCUT2D eigenvalue weighted by Gasteiger charge is -2.16. The number of rotatable bonds is 4. The summed E-state index contributed by atoms with van der Waals surface area (Å²) in [5.41, 5.74) is 2.45. The van der Waals surface area contributed by atoms with Gasteiger partial charge < -0.3 is 20.1 Å². The summed E-state index contributed by atoms with van der Waals surface area (Å²) >= 11 is 17.3. The number of hydrogen-bond acceptors (Lipinski definition) is 3. The molecule has 0 aromatic heterocycles. The third kappa shape index (κ3) is 4.41. The third-order valence-electron chi connectivity index (χ3n) is 3.16. The van der Waals surface area contributed by atoms with Gasteiger partial charge in [0.1, 0.15) is 0 Å². The average molecular weight is 371 g/mol. The molecule has 122 valence electrons. The SMILES string of the molecule is COc1cc(C)c(NC(=S)Nc2ccc(Cl)cc2Cl)cc1OC. The van der Waals surface area contributed by atoms with Crippen LogP contribution in [-0.4, -0.2) is 19.3 Å². The summed E-state index contributed by atoms with van der Waals surface area (Å²) in [5.74, 6) is 1.28. The summed E-state index contributed by atoms with van der Waals surface area (Å²) < 4.78 is 10.6. The molecule has 0 aliphatic rings. The first-order valence-electron chi connectivity index (χ1n) is 6.70. The van der Waals surface area contributed by atoms with Crippen molar-refractivity contribution in [2.45, 2.75) is 6.92 Å². The summed E-state index contributed by atoms with van der Waals surface area (Å²) in [4.78, 5) is 0. The van der Waals surface area contributed by atoms with Gasteiger partial charge in [0.05, 0.1) is 24.9 Å². The summed E-state index contributed by atoms with van der Waals surface area (Å²) in [6, 6.07) is 8.85. The van der Waals surface area contributed by atoms with Gasteiger partial charge in [0, 0.05) is 16.8 Å². The maximum atomic E-state index is 6.12. The molecule has 0 fully saturated rings. The van der Waals surface area contributed by atoms with Gasteiger partial charge in [0.25, 0.3) is 0 Å². The van der Waals surface area contributed by atoms with Gasteiger partial charge >= 0.3 is 0 Å². The van der Waals surface area contributed by atoms with Gasteiger partial charge in [0.15, 0.2) is 16.6 Å². The highest BCUT2D eigenvalue weighted by molar-refractivity contribution is 7.80. The quantitative estimate of drug-likeness (QED) is 0.730. The van der Waals surface area contributed by atoms with Crippen molar-refractivity contribution in [2.75, 3.05) is 24.9 Å². The molecule has 0 saturated heterocycles. The fraction of sp³-hybridized carbons (Fsp3) is 0.188. The van der Waals surface area contributed by atoms with Crippen molar-refractivity contribution in [1.82, 2.24) is 0 Å². The predicted octanol–water partition coefficient (Wildman–Crippen LogP) is 5.13. The highest BCUT2D eigenvalue weighted by atomic mass is 35.5. The summed E-state index contributed by atoms with van der Waals surface area (Å²) in [5, 5.41) is 7.62. The molecule has 0 spiro atoms. The molecule has 7 heteroatoms. The Bertz CT molecular complexity index is 738. The molecular formula is C16H16Cl2N2O2S. The van der Waals surface area contributed by atoms with Gasteiger partial charge in [0.2, 0.25) is 0 Å². The number of benzene rings is 2. The standard InChI is InChI=1S/C16H16Cl2N2O2S/c1-9-6-14(21-2)15(22-3)8-13(9)20-16(23)19-12-5-4-10(17)7-11(12)18/h4-8H,1-3H3,(H2,19,20,23). The van der Waals surface area contributed by atoms with Gasteiger partial charge in [-0.1, -0.05) is 23.2 Å². The largest absolute Gasteiger partial charge is 0.493 e. The van der Waals surface area contributed by atoms with Crippen LogP contribution in [0.1, 0.15) is 5.56 Å². The lowest BCUT2D eigenvalue weighted by Crippen LogP contribution is -2.20. The van der Waals surface area contributed by atoms with Crippen molar-refractivity contribution >= 4 is 51.9 Å². The van der Waals surface area contributed by atoms with E-state index in [0.29, 0.717) is 32.3 Å². The number of aryl methyl sites for hydroxylation is 1. The maximum absolute atomic E-state index is 6.12. The van der Waals surface area contributed by atoms with E-state index in [0.717, 1.165) is 11.3 Å². The number of anilines is 2.